The zero-order valence-electron chi connectivity index (χ0n) is 11.6. The summed E-state index contributed by atoms with van der Waals surface area (Å²) in [7, 11) is 1.65. The summed E-state index contributed by atoms with van der Waals surface area (Å²) in [5.41, 5.74) is 3.79. The van der Waals surface area contributed by atoms with Gasteiger partial charge in [0.05, 0.1) is 7.11 Å². The van der Waals surface area contributed by atoms with Gasteiger partial charge >= 0.3 is 0 Å². The molecule has 2 nitrogen and oxygen atoms in total. The van der Waals surface area contributed by atoms with E-state index in [0.29, 0.717) is 6.42 Å². The quantitative estimate of drug-likeness (QED) is 0.777. The number of benzene rings is 2. The van der Waals surface area contributed by atoms with Crippen LogP contribution in [0.3, 0.4) is 0 Å². The largest absolute Gasteiger partial charge is 0.496 e. The summed E-state index contributed by atoms with van der Waals surface area (Å²) in [6.07, 6.45) is 0.437. The zero-order valence-corrected chi connectivity index (χ0v) is 11.6. The first-order valence-electron chi connectivity index (χ1n) is 6.34. The molecule has 0 unspecified atom stereocenters. The molecule has 0 N–H and O–H groups in total. The average molecular weight is 254 g/mol. The Balaban J connectivity index is 2.25. The maximum absolute atomic E-state index is 12.3. The summed E-state index contributed by atoms with van der Waals surface area (Å²) >= 11 is 0. The lowest BCUT2D eigenvalue weighted by Gasteiger charge is -2.10. The minimum Gasteiger partial charge on any atom is -0.496 e. The van der Waals surface area contributed by atoms with Gasteiger partial charge < -0.3 is 4.74 Å². The monoisotopic (exact) mass is 254 g/mol. The van der Waals surface area contributed by atoms with Crippen LogP contribution in [-0.2, 0) is 6.42 Å². The minimum atomic E-state index is 0.139. The van der Waals surface area contributed by atoms with Gasteiger partial charge in [-0.15, -0.1) is 0 Å². The van der Waals surface area contributed by atoms with Gasteiger partial charge in [0, 0.05) is 12.0 Å². The third kappa shape index (κ3) is 3.02. The predicted octanol–water partition coefficient (Wildman–Crippen LogP) is 3.74. The number of ketones is 1. The molecule has 0 saturated carbocycles. The first-order chi connectivity index (χ1) is 9.11. The standard InChI is InChI=1S/C17H18O2/c1-12-9-15(10-13(2)17(12)19-3)16(18)11-14-7-5-4-6-8-14/h4-10H,11H2,1-3H3. The van der Waals surface area contributed by atoms with Crippen molar-refractivity contribution in [2.75, 3.05) is 7.11 Å². The van der Waals surface area contributed by atoms with E-state index in [1.807, 2.05) is 56.3 Å². The second kappa shape index (κ2) is 5.70. The van der Waals surface area contributed by atoms with Crippen LogP contribution in [0.15, 0.2) is 42.5 Å². The van der Waals surface area contributed by atoms with E-state index in [2.05, 4.69) is 0 Å². The Labute approximate surface area is 114 Å². The number of carbonyl (C=O) groups excluding carboxylic acids is 1. The normalized spacial score (nSPS) is 10.3. The number of hydrogen-bond donors (Lipinski definition) is 0. The number of ether oxygens (including phenoxy) is 1. The van der Waals surface area contributed by atoms with Crippen LogP contribution in [0.2, 0.25) is 0 Å². The highest BCUT2D eigenvalue weighted by molar-refractivity contribution is 5.98. The highest BCUT2D eigenvalue weighted by atomic mass is 16.5. The molecule has 98 valence electrons. The number of Topliss-reactive ketones (excluding diaryl/α,β-unsaturated/α-hetero) is 1. The summed E-state index contributed by atoms with van der Waals surface area (Å²) in [6, 6.07) is 13.6. The molecule has 19 heavy (non-hydrogen) atoms. The van der Waals surface area contributed by atoms with Gasteiger partial charge in [0.2, 0.25) is 0 Å². The van der Waals surface area contributed by atoms with Gasteiger partial charge in [0.1, 0.15) is 5.75 Å². The minimum absolute atomic E-state index is 0.139. The van der Waals surface area contributed by atoms with Gasteiger partial charge in [-0.05, 0) is 42.7 Å². The summed E-state index contributed by atoms with van der Waals surface area (Å²) in [5.74, 6) is 0.997. The van der Waals surface area contributed by atoms with E-state index in [9.17, 15) is 4.79 Å². The van der Waals surface area contributed by atoms with E-state index in [0.717, 1.165) is 28.0 Å². The Hall–Kier alpha value is -2.09. The summed E-state index contributed by atoms with van der Waals surface area (Å²) in [4.78, 5) is 12.3. The highest BCUT2D eigenvalue weighted by Crippen LogP contribution is 2.24. The molecule has 0 spiro atoms. The zero-order chi connectivity index (χ0) is 13.8. The van der Waals surface area contributed by atoms with Crippen molar-refractivity contribution in [1.29, 1.82) is 0 Å². The van der Waals surface area contributed by atoms with Gasteiger partial charge in [-0.25, -0.2) is 0 Å². The Morgan fingerprint density at radius 1 is 1.05 bits per heavy atom. The number of hydrogen-bond acceptors (Lipinski definition) is 2. The molecule has 2 heteroatoms. The lowest BCUT2D eigenvalue weighted by atomic mass is 9.99. The molecular formula is C17H18O2. The van der Waals surface area contributed by atoms with E-state index in [-0.39, 0.29) is 5.78 Å². The number of carbonyl (C=O) groups is 1. The average Bonchev–Trinajstić information content (AvgIpc) is 2.39. The second-order valence-corrected chi connectivity index (χ2v) is 4.73. The van der Waals surface area contributed by atoms with Crippen LogP contribution in [-0.4, -0.2) is 12.9 Å². The lowest BCUT2D eigenvalue weighted by Crippen LogP contribution is -2.05. The van der Waals surface area contributed by atoms with Crippen LogP contribution in [0.5, 0.6) is 5.75 Å². The molecule has 2 aromatic rings. The topological polar surface area (TPSA) is 26.3 Å². The highest BCUT2D eigenvalue weighted by Gasteiger charge is 2.11. The summed E-state index contributed by atoms with van der Waals surface area (Å²) < 4.78 is 5.32. The fourth-order valence-electron chi connectivity index (χ4n) is 2.32. The van der Waals surface area contributed by atoms with Crippen LogP contribution in [0, 0.1) is 13.8 Å². The second-order valence-electron chi connectivity index (χ2n) is 4.73. The maximum Gasteiger partial charge on any atom is 0.167 e. The van der Waals surface area contributed by atoms with Gasteiger partial charge in [0.15, 0.2) is 5.78 Å². The smallest absolute Gasteiger partial charge is 0.167 e. The summed E-state index contributed by atoms with van der Waals surface area (Å²) in [6.45, 7) is 3.93. The molecule has 0 saturated heterocycles. The molecule has 0 aromatic heterocycles. The molecule has 2 aromatic carbocycles. The molecule has 0 aliphatic heterocycles. The molecule has 0 aliphatic rings. The molecular weight excluding hydrogens is 236 g/mol. The van der Waals surface area contributed by atoms with E-state index < -0.39 is 0 Å². The van der Waals surface area contributed by atoms with Crippen LogP contribution in [0.4, 0.5) is 0 Å². The molecule has 0 radical (unpaired) electrons. The third-order valence-corrected chi connectivity index (χ3v) is 3.19. The van der Waals surface area contributed by atoms with Gasteiger partial charge in [-0.2, -0.15) is 0 Å². The molecule has 0 atom stereocenters. The van der Waals surface area contributed by atoms with Crippen molar-refractivity contribution in [2.45, 2.75) is 20.3 Å². The number of aryl methyl sites for hydroxylation is 2. The van der Waals surface area contributed by atoms with Crippen molar-refractivity contribution in [3.05, 3.63) is 64.7 Å². The molecule has 0 fully saturated rings. The van der Waals surface area contributed by atoms with E-state index in [4.69, 9.17) is 4.74 Å². The van der Waals surface area contributed by atoms with E-state index >= 15 is 0 Å². The molecule has 0 amide bonds. The molecule has 0 aliphatic carbocycles. The molecule has 0 heterocycles. The Kier molecular flexibility index (Phi) is 4.00. The fraction of sp³-hybridized carbons (Fsp3) is 0.235. The molecule has 2 rings (SSSR count). The number of methoxy groups -OCH3 is 1. The first-order valence-corrected chi connectivity index (χ1v) is 6.34. The van der Waals surface area contributed by atoms with Gasteiger partial charge in [-0.1, -0.05) is 30.3 Å². The Bertz CT molecular complexity index is 562. The van der Waals surface area contributed by atoms with Crippen molar-refractivity contribution in [3.8, 4) is 5.75 Å². The molecule has 0 bridgehead atoms. The van der Waals surface area contributed by atoms with E-state index in [1.165, 1.54) is 0 Å². The number of rotatable bonds is 4. The Morgan fingerprint density at radius 2 is 1.63 bits per heavy atom. The van der Waals surface area contributed by atoms with Crippen LogP contribution in [0.1, 0.15) is 27.0 Å². The van der Waals surface area contributed by atoms with Gasteiger partial charge in [-0.3, -0.25) is 4.79 Å². The van der Waals surface area contributed by atoms with Crippen molar-refractivity contribution < 1.29 is 9.53 Å². The fourth-order valence-corrected chi connectivity index (χ4v) is 2.32. The Morgan fingerprint density at radius 3 is 2.16 bits per heavy atom. The first kappa shape index (κ1) is 13.3. The lowest BCUT2D eigenvalue weighted by molar-refractivity contribution is 0.0993. The SMILES string of the molecule is COc1c(C)cc(C(=O)Cc2ccccc2)cc1C. The van der Waals surface area contributed by atoms with Crippen LogP contribution in [0.25, 0.3) is 0 Å². The van der Waals surface area contributed by atoms with Crippen molar-refractivity contribution >= 4 is 5.78 Å². The van der Waals surface area contributed by atoms with Crippen LogP contribution < -0.4 is 4.74 Å². The van der Waals surface area contributed by atoms with Crippen molar-refractivity contribution in [1.82, 2.24) is 0 Å². The van der Waals surface area contributed by atoms with Crippen LogP contribution >= 0.6 is 0 Å². The van der Waals surface area contributed by atoms with Crippen molar-refractivity contribution in [2.24, 2.45) is 0 Å². The third-order valence-electron chi connectivity index (χ3n) is 3.19. The predicted molar refractivity (Wildman–Crippen MR) is 76.9 cm³/mol. The summed E-state index contributed by atoms with van der Waals surface area (Å²) in [5, 5.41) is 0. The maximum atomic E-state index is 12.3. The van der Waals surface area contributed by atoms with E-state index in [1.54, 1.807) is 7.11 Å². The van der Waals surface area contributed by atoms with Crippen molar-refractivity contribution in [3.63, 3.8) is 0 Å². The van der Waals surface area contributed by atoms with Gasteiger partial charge in [0.25, 0.3) is 0 Å².